The molecule has 82 valence electrons. The van der Waals surface area contributed by atoms with E-state index in [2.05, 4.69) is 15.9 Å². The Morgan fingerprint density at radius 1 is 1.27 bits per heavy atom. The van der Waals surface area contributed by atoms with Crippen molar-refractivity contribution in [1.82, 2.24) is 0 Å². The van der Waals surface area contributed by atoms with Crippen molar-refractivity contribution in [1.29, 1.82) is 0 Å². The Hall–Kier alpha value is -0.770. The second-order valence-electron chi connectivity index (χ2n) is 3.50. The van der Waals surface area contributed by atoms with E-state index >= 15 is 0 Å². The molecular weight excluding hydrogens is 266 g/mol. The largest absolute Gasteiger partial charge is 0.299 e. The lowest BCUT2D eigenvalue weighted by Gasteiger charge is -2.16. The summed E-state index contributed by atoms with van der Waals surface area (Å²) >= 11 is 3.20. The highest BCUT2D eigenvalue weighted by molar-refractivity contribution is 9.10. The van der Waals surface area contributed by atoms with Gasteiger partial charge in [-0.15, -0.1) is 0 Å². The summed E-state index contributed by atoms with van der Waals surface area (Å²) in [5.41, 5.74) is 0.476. The molecule has 0 saturated heterocycles. The van der Waals surface area contributed by atoms with Crippen molar-refractivity contribution in [3.05, 3.63) is 35.4 Å². The van der Waals surface area contributed by atoms with Gasteiger partial charge in [0.25, 0.3) is 0 Å². The molecule has 15 heavy (non-hydrogen) atoms. The molecule has 0 radical (unpaired) electrons. The number of alkyl halides is 1. The van der Waals surface area contributed by atoms with Crippen molar-refractivity contribution in [3.63, 3.8) is 0 Å². The third-order valence-corrected chi connectivity index (χ3v) is 3.68. The zero-order valence-electron chi connectivity index (χ0n) is 8.43. The highest BCUT2D eigenvalue weighted by Crippen LogP contribution is 2.26. The number of ketones is 1. The molecule has 2 unspecified atom stereocenters. The first-order valence-electron chi connectivity index (χ1n) is 4.52. The zero-order chi connectivity index (χ0) is 11.6. The van der Waals surface area contributed by atoms with Crippen molar-refractivity contribution in [2.24, 2.45) is 0 Å². The summed E-state index contributed by atoms with van der Waals surface area (Å²) in [6.07, 6.45) is 0. The van der Waals surface area contributed by atoms with Crippen LogP contribution in [0.25, 0.3) is 0 Å². The molecule has 1 rings (SSSR count). The number of carbonyl (C=O) groups excluding carboxylic acids is 1. The van der Waals surface area contributed by atoms with Crippen molar-refractivity contribution >= 4 is 21.7 Å². The van der Waals surface area contributed by atoms with E-state index in [-0.39, 0.29) is 11.7 Å². The van der Waals surface area contributed by atoms with E-state index in [0.29, 0.717) is 5.56 Å². The van der Waals surface area contributed by atoms with Crippen LogP contribution < -0.4 is 0 Å². The van der Waals surface area contributed by atoms with Crippen LogP contribution in [0, 0.1) is 11.6 Å². The van der Waals surface area contributed by atoms with Gasteiger partial charge in [-0.3, -0.25) is 4.79 Å². The smallest absolute Gasteiger partial charge is 0.144 e. The Labute approximate surface area is 95.6 Å². The molecule has 0 aliphatic heterocycles. The molecule has 0 amide bonds. The first-order valence-corrected chi connectivity index (χ1v) is 5.44. The van der Waals surface area contributed by atoms with Gasteiger partial charge in [-0.05, 0) is 24.6 Å². The molecule has 0 bridgehead atoms. The highest BCUT2D eigenvalue weighted by atomic mass is 79.9. The van der Waals surface area contributed by atoms with E-state index in [9.17, 15) is 13.6 Å². The van der Waals surface area contributed by atoms with Gasteiger partial charge in [0.1, 0.15) is 17.4 Å². The minimum Gasteiger partial charge on any atom is -0.299 e. The number of carbonyl (C=O) groups is 1. The Kier molecular flexibility index (Phi) is 3.97. The molecule has 0 heterocycles. The van der Waals surface area contributed by atoms with Gasteiger partial charge in [-0.2, -0.15) is 0 Å². The number of hydrogen-bond donors (Lipinski definition) is 0. The van der Waals surface area contributed by atoms with E-state index in [0.717, 1.165) is 6.07 Å². The number of halogens is 3. The molecule has 0 spiro atoms. The van der Waals surface area contributed by atoms with E-state index in [4.69, 9.17) is 0 Å². The van der Waals surface area contributed by atoms with Crippen LogP contribution in [-0.4, -0.2) is 10.6 Å². The fraction of sp³-hybridized carbons (Fsp3) is 0.364. The van der Waals surface area contributed by atoms with E-state index < -0.39 is 16.5 Å². The molecule has 0 aliphatic carbocycles. The third kappa shape index (κ3) is 3.09. The lowest BCUT2D eigenvalue weighted by Crippen LogP contribution is -2.17. The van der Waals surface area contributed by atoms with Crippen LogP contribution in [0.1, 0.15) is 25.3 Å². The van der Waals surface area contributed by atoms with Crippen LogP contribution in [0.3, 0.4) is 0 Å². The van der Waals surface area contributed by atoms with Crippen LogP contribution >= 0.6 is 15.9 Å². The van der Waals surface area contributed by atoms with Crippen LogP contribution in [0.5, 0.6) is 0 Å². The average Bonchev–Trinajstić information content (AvgIpc) is 2.13. The predicted molar refractivity (Wildman–Crippen MR) is 58.2 cm³/mol. The van der Waals surface area contributed by atoms with Crippen molar-refractivity contribution in [2.45, 2.75) is 24.6 Å². The fourth-order valence-electron chi connectivity index (χ4n) is 1.36. The molecule has 1 aromatic carbocycles. The molecular formula is C11H11BrF2O. The number of hydrogen-bond acceptors (Lipinski definition) is 1. The topological polar surface area (TPSA) is 17.1 Å². The normalized spacial score (nSPS) is 14.7. The van der Waals surface area contributed by atoms with E-state index in [1.165, 1.54) is 19.1 Å². The second kappa shape index (κ2) is 4.84. The molecule has 1 aromatic rings. The van der Waals surface area contributed by atoms with Gasteiger partial charge in [0.15, 0.2) is 0 Å². The van der Waals surface area contributed by atoms with Gasteiger partial charge >= 0.3 is 0 Å². The summed E-state index contributed by atoms with van der Waals surface area (Å²) in [7, 11) is 0. The molecule has 0 aromatic heterocycles. The molecule has 1 nitrogen and oxygen atoms in total. The van der Waals surface area contributed by atoms with Crippen molar-refractivity contribution < 1.29 is 13.6 Å². The SMILES string of the molecule is CC(=O)C(Br)C(C)c1cc(F)cc(F)c1. The van der Waals surface area contributed by atoms with E-state index in [1.807, 2.05) is 0 Å². The van der Waals surface area contributed by atoms with Gasteiger partial charge in [0.05, 0.1) is 4.83 Å². The molecule has 0 aliphatic rings. The lowest BCUT2D eigenvalue weighted by atomic mass is 9.96. The fourth-order valence-corrected chi connectivity index (χ4v) is 1.66. The maximum atomic E-state index is 12.9. The Bertz CT molecular complexity index is 359. The molecule has 0 saturated carbocycles. The van der Waals surface area contributed by atoms with Gasteiger partial charge in [-0.1, -0.05) is 22.9 Å². The first-order chi connectivity index (χ1) is 6.91. The van der Waals surface area contributed by atoms with Gasteiger partial charge < -0.3 is 0 Å². The number of benzene rings is 1. The predicted octanol–water partition coefficient (Wildman–Crippen LogP) is 3.42. The molecule has 4 heteroatoms. The summed E-state index contributed by atoms with van der Waals surface area (Å²) in [5.74, 6) is -1.57. The van der Waals surface area contributed by atoms with Crippen LogP contribution in [0.4, 0.5) is 8.78 Å². The van der Waals surface area contributed by atoms with Crippen LogP contribution in [0.15, 0.2) is 18.2 Å². The lowest BCUT2D eigenvalue weighted by molar-refractivity contribution is -0.116. The first kappa shape index (κ1) is 12.3. The van der Waals surface area contributed by atoms with Crippen molar-refractivity contribution in [2.75, 3.05) is 0 Å². The quantitative estimate of drug-likeness (QED) is 0.774. The minimum absolute atomic E-state index is 0.0628. The Morgan fingerprint density at radius 2 is 1.73 bits per heavy atom. The highest BCUT2D eigenvalue weighted by Gasteiger charge is 2.21. The Balaban J connectivity index is 3.00. The van der Waals surface area contributed by atoms with Gasteiger partial charge in [-0.25, -0.2) is 8.78 Å². The molecule has 0 N–H and O–H groups in total. The minimum atomic E-state index is -0.625. The molecule has 2 atom stereocenters. The summed E-state index contributed by atoms with van der Waals surface area (Å²) in [6.45, 7) is 3.18. The summed E-state index contributed by atoms with van der Waals surface area (Å²) in [6, 6.07) is 3.29. The van der Waals surface area contributed by atoms with Crippen LogP contribution in [-0.2, 0) is 4.79 Å². The summed E-state index contributed by atoms with van der Waals surface area (Å²) in [5, 5.41) is 0. The second-order valence-corrected chi connectivity index (χ2v) is 4.49. The average molecular weight is 277 g/mol. The number of rotatable bonds is 3. The standard InChI is InChI=1S/C11H11BrF2O/c1-6(11(12)7(2)15)8-3-9(13)5-10(14)4-8/h3-6,11H,1-2H3. The van der Waals surface area contributed by atoms with Gasteiger partial charge in [0, 0.05) is 12.0 Å². The maximum absolute atomic E-state index is 12.9. The summed E-state index contributed by atoms with van der Waals surface area (Å²) in [4.78, 5) is 10.7. The third-order valence-electron chi connectivity index (χ3n) is 2.24. The van der Waals surface area contributed by atoms with Crippen LogP contribution in [0.2, 0.25) is 0 Å². The molecule has 0 fully saturated rings. The van der Waals surface area contributed by atoms with Gasteiger partial charge in [0.2, 0.25) is 0 Å². The zero-order valence-corrected chi connectivity index (χ0v) is 10.0. The van der Waals surface area contributed by atoms with Crippen molar-refractivity contribution in [3.8, 4) is 0 Å². The monoisotopic (exact) mass is 276 g/mol. The maximum Gasteiger partial charge on any atom is 0.144 e. The van der Waals surface area contributed by atoms with E-state index in [1.54, 1.807) is 6.92 Å². The Morgan fingerprint density at radius 3 is 2.13 bits per heavy atom. The number of Topliss-reactive ketones (excluding diaryl/α,β-unsaturated/α-hetero) is 1. The summed E-state index contributed by atoms with van der Waals surface area (Å²) < 4.78 is 25.8.